The monoisotopic (exact) mass is 378 g/mol. The molecule has 0 radical (unpaired) electrons. The number of rotatable bonds is 3. The van der Waals surface area contributed by atoms with Crippen molar-refractivity contribution in [3.05, 3.63) is 28.5 Å². The number of nitrogens with zero attached hydrogens (tertiary/aromatic N) is 1. The summed E-state index contributed by atoms with van der Waals surface area (Å²) in [5.41, 5.74) is 0. The van der Waals surface area contributed by atoms with E-state index in [2.05, 4.69) is 20.7 Å². The molecule has 0 saturated carbocycles. The van der Waals surface area contributed by atoms with Gasteiger partial charge >= 0.3 is 0 Å². The highest BCUT2D eigenvalue weighted by atomic mass is 79.9. The van der Waals surface area contributed by atoms with Gasteiger partial charge in [0.15, 0.2) is 0 Å². The number of hydrogen-bond donors (Lipinski definition) is 1. The van der Waals surface area contributed by atoms with Gasteiger partial charge < -0.3 is 0 Å². The van der Waals surface area contributed by atoms with Crippen LogP contribution in [0.5, 0.6) is 0 Å². The van der Waals surface area contributed by atoms with Crippen LogP contribution in [0.1, 0.15) is 12.8 Å². The van der Waals surface area contributed by atoms with Gasteiger partial charge in [-0.25, -0.2) is 12.8 Å². The molecule has 1 unspecified atom stereocenters. The third kappa shape index (κ3) is 3.30. The molecule has 1 aliphatic rings. The van der Waals surface area contributed by atoms with Crippen molar-refractivity contribution in [1.82, 2.24) is 9.62 Å². The Morgan fingerprint density at radius 2 is 2.05 bits per heavy atom. The number of amides is 2. The minimum absolute atomic E-state index is 0.0538. The predicted octanol–water partition coefficient (Wildman–Crippen LogP) is 1.01. The molecule has 21 heavy (non-hydrogen) atoms. The highest BCUT2D eigenvalue weighted by molar-refractivity contribution is 9.10. The van der Waals surface area contributed by atoms with Gasteiger partial charge in [0.25, 0.3) is 0 Å². The lowest BCUT2D eigenvalue weighted by molar-refractivity contribution is -0.147. The molecule has 1 fully saturated rings. The summed E-state index contributed by atoms with van der Waals surface area (Å²) in [5, 5.41) is 0. The van der Waals surface area contributed by atoms with Crippen molar-refractivity contribution in [2.75, 3.05) is 7.05 Å². The SMILES string of the molecule is CN1C(=O)CCC(NS(=O)(=O)c2ccc(Br)cc2F)C1=O. The topological polar surface area (TPSA) is 83.6 Å². The largest absolute Gasteiger partial charge is 0.284 e. The molecular weight excluding hydrogens is 367 g/mol. The van der Waals surface area contributed by atoms with Gasteiger partial charge in [0.05, 0.1) is 0 Å². The van der Waals surface area contributed by atoms with Gasteiger partial charge in [-0.05, 0) is 24.6 Å². The second kappa shape index (κ2) is 5.82. The van der Waals surface area contributed by atoms with Crippen LogP contribution >= 0.6 is 15.9 Å². The van der Waals surface area contributed by atoms with Gasteiger partial charge in [-0.2, -0.15) is 4.72 Å². The average Bonchev–Trinajstić information content (AvgIpc) is 2.39. The minimum atomic E-state index is -4.19. The molecule has 1 N–H and O–H groups in total. The number of benzene rings is 1. The van der Waals surface area contributed by atoms with E-state index in [1.807, 2.05) is 0 Å². The molecule has 1 atom stereocenters. The third-order valence-electron chi connectivity index (χ3n) is 3.13. The van der Waals surface area contributed by atoms with Crippen molar-refractivity contribution in [3.8, 4) is 0 Å². The first kappa shape index (κ1) is 16.1. The minimum Gasteiger partial charge on any atom is -0.284 e. The molecule has 2 rings (SSSR count). The van der Waals surface area contributed by atoms with E-state index in [-0.39, 0.29) is 18.7 Å². The Labute approximate surface area is 129 Å². The van der Waals surface area contributed by atoms with E-state index in [4.69, 9.17) is 0 Å². The number of likely N-dealkylation sites (tertiary alicyclic amines) is 1. The molecule has 0 bridgehead atoms. The molecular formula is C12H12BrFN2O4S. The van der Waals surface area contributed by atoms with Crippen molar-refractivity contribution in [3.63, 3.8) is 0 Å². The van der Waals surface area contributed by atoms with Gasteiger partial charge in [-0.15, -0.1) is 0 Å². The predicted molar refractivity (Wildman–Crippen MR) is 75.2 cm³/mol. The molecule has 0 aliphatic carbocycles. The number of imide groups is 1. The lowest BCUT2D eigenvalue weighted by Crippen LogP contribution is -2.52. The first-order valence-electron chi connectivity index (χ1n) is 6.00. The van der Waals surface area contributed by atoms with E-state index in [1.54, 1.807) is 0 Å². The van der Waals surface area contributed by atoms with Crippen LogP contribution in [-0.2, 0) is 19.6 Å². The summed E-state index contributed by atoms with van der Waals surface area (Å²) in [5.74, 6) is -1.94. The molecule has 0 aromatic heterocycles. The molecule has 0 spiro atoms. The Balaban J connectivity index is 2.25. The number of likely N-dealkylation sites (N-methyl/N-ethyl adjacent to an activating group) is 1. The maximum absolute atomic E-state index is 13.7. The lowest BCUT2D eigenvalue weighted by atomic mass is 10.1. The van der Waals surface area contributed by atoms with Crippen LogP contribution in [0.4, 0.5) is 4.39 Å². The van der Waals surface area contributed by atoms with Crippen molar-refractivity contribution < 1.29 is 22.4 Å². The Hall–Kier alpha value is -1.32. The number of carbonyl (C=O) groups excluding carboxylic acids is 2. The van der Waals surface area contributed by atoms with E-state index in [0.717, 1.165) is 17.0 Å². The standard InChI is InChI=1S/C12H12BrFN2O4S/c1-16-11(17)5-3-9(12(16)18)15-21(19,20)10-4-2-7(13)6-8(10)14/h2,4,6,9,15H,3,5H2,1H3. The third-order valence-corrected chi connectivity index (χ3v) is 5.13. The summed E-state index contributed by atoms with van der Waals surface area (Å²) in [6, 6.07) is 2.44. The average molecular weight is 379 g/mol. The summed E-state index contributed by atoms with van der Waals surface area (Å²) in [6.07, 6.45) is 0.109. The first-order chi connectivity index (χ1) is 9.72. The van der Waals surface area contributed by atoms with Gasteiger partial charge in [-0.1, -0.05) is 15.9 Å². The summed E-state index contributed by atoms with van der Waals surface area (Å²) in [6.45, 7) is 0. The summed E-state index contributed by atoms with van der Waals surface area (Å²) < 4.78 is 40.6. The number of piperidine rings is 1. The molecule has 6 nitrogen and oxygen atoms in total. The van der Waals surface area contributed by atoms with Crippen molar-refractivity contribution >= 4 is 37.8 Å². The normalized spacial score (nSPS) is 20.0. The zero-order chi connectivity index (χ0) is 15.8. The molecule has 114 valence electrons. The Morgan fingerprint density at radius 1 is 1.38 bits per heavy atom. The molecule has 1 heterocycles. The van der Waals surface area contributed by atoms with E-state index >= 15 is 0 Å². The summed E-state index contributed by atoms with van der Waals surface area (Å²) in [4.78, 5) is 23.5. The number of sulfonamides is 1. The maximum atomic E-state index is 13.7. The highest BCUT2D eigenvalue weighted by Gasteiger charge is 2.35. The van der Waals surface area contributed by atoms with Crippen LogP contribution in [0.2, 0.25) is 0 Å². The zero-order valence-corrected chi connectivity index (χ0v) is 13.4. The van der Waals surface area contributed by atoms with Crippen LogP contribution in [0.25, 0.3) is 0 Å². The van der Waals surface area contributed by atoms with E-state index in [1.165, 1.54) is 13.1 Å². The van der Waals surface area contributed by atoms with Crippen molar-refractivity contribution in [1.29, 1.82) is 0 Å². The van der Waals surface area contributed by atoms with Crippen LogP contribution in [-0.4, -0.2) is 38.2 Å². The Kier molecular flexibility index (Phi) is 4.45. The van der Waals surface area contributed by atoms with Gasteiger partial charge in [0.2, 0.25) is 21.8 Å². The van der Waals surface area contributed by atoms with Gasteiger partial charge in [0.1, 0.15) is 16.8 Å². The zero-order valence-electron chi connectivity index (χ0n) is 11.0. The first-order valence-corrected chi connectivity index (χ1v) is 8.28. The van der Waals surface area contributed by atoms with Gasteiger partial charge in [0, 0.05) is 17.9 Å². The summed E-state index contributed by atoms with van der Waals surface area (Å²) >= 11 is 3.03. The molecule has 9 heteroatoms. The number of nitrogens with one attached hydrogen (secondary N) is 1. The molecule has 1 aromatic rings. The molecule has 2 amide bonds. The fraction of sp³-hybridized carbons (Fsp3) is 0.333. The fourth-order valence-corrected chi connectivity index (χ4v) is 3.59. The van der Waals surface area contributed by atoms with Crippen LogP contribution < -0.4 is 4.72 Å². The van der Waals surface area contributed by atoms with Crippen LogP contribution in [0, 0.1) is 5.82 Å². The lowest BCUT2D eigenvalue weighted by Gasteiger charge is -2.28. The summed E-state index contributed by atoms with van der Waals surface area (Å²) in [7, 11) is -2.90. The number of hydrogen-bond acceptors (Lipinski definition) is 4. The van der Waals surface area contributed by atoms with E-state index < -0.39 is 32.7 Å². The van der Waals surface area contributed by atoms with Crippen LogP contribution in [0.3, 0.4) is 0 Å². The molecule has 1 aliphatic heterocycles. The quantitative estimate of drug-likeness (QED) is 0.795. The smallest absolute Gasteiger partial charge is 0.247 e. The fourth-order valence-electron chi connectivity index (χ4n) is 1.97. The van der Waals surface area contributed by atoms with Crippen molar-refractivity contribution in [2.24, 2.45) is 0 Å². The highest BCUT2D eigenvalue weighted by Crippen LogP contribution is 2.21. The Bertz CT molecular complexity index is 707. The van der Waals surface area contributed by atoms with E-state index in [9.17, 15) is 22.4 Å². The maximum Gasteiger partial charge on any atom is 0.247 e. The second-order valence-corrected chi connectivity index (χ2v) is 7.18. The van der Waals surface area contributed by atoms with E-state index in [0.29, 0.717) is 4.47 Å². The molecule has 1 saturated heterocycles. The number of halogens is 2. The van der Waals surface area contributed by atoms with Crippen molar-refractivity contribution in [2.45, 2.75) is 23.8 Å². The second-order valence-electron chi connectivity index (χ2n) is 4.58. The number of carbonyl (C=O) groups is 2. The molecule has 1 aromatic carbocycles. The van der Waals surface area contributed by atoms with Crippen LogP contribution in [0.15, 0.2) is 27.6 Å². The van der Waals surface area contributed by atoms with Gasteiger partial charge in [-0.3, -0.25) is 14.5 Å². The Morgan fingerprint density at radius 3 is 2.67 bits per heavy atom.